The average molecular weight is 325 g/mol. The number of rotatable bonds is 7. The molecule has 0 aromatic heterocycles. The Morgan fingerprint density at radius 1 is 1.17 bits per heavy atom. The summed E-state index contributed by atoms with van der Waals surface area (Å²) in [6.07, 6.45) is 3.91. The lowest BCUT2D eigenvalue weighted by Crippen LogP contribution is -2.36. The molecule has 2 aromatic rings. The molecule has 0 bridgehead atoms. The lowest BCUT2D eigenvalue weighted by molar-refractivity contribution is -0.134. The molecular formula is C21H24FNO. The van der Waals surface area contributed by atoms with Crippen LogP contribution in [0.15, 0.2) is 54.6 Å². The fourth-order valence-electron chi connectivity index (χ4n) is 3.21. The van der Waals surface area contributed by atoms with Crippen LogP contribution in [0.2, 0.25) is 0 Å². The topological polar surface area (TPSA) is 20.3 Å². The van der Waals surface area contributed by atoms with Gasteiger partial charge in [0.05, 0.1) is 5.92 Å². The zero-order valence-corrected chi connectivity index (χ0v) is 14.1. The van der Waals surface area contributed by atoms with Gasteiger partial charge in [-0.05, 0) is 42.5 Å². The van der Waals surface area contributed by atoms with E-state index in [1.807, 2.05) is 41.3 Å². The van der Waals surface area contributed by atoms with E-state index in [4.69, 9.17) is 0 Å². The molecule has 126 valence electrons. The third kappa shape index (κ3) is 4.02. The van der Waals surface area contributed by atoms with Crippen LogP contribution in [0, 0.1) is 5.82 Å². The molecule has 0 spiro atoms. The van der Waals surface area contributed by atoms with Crippen molar-refractivity contribution < 1.29 is 9.18 Å². The lowest BCUT2D eigenvalue weighted by Gasteiger charge is -2.28. The van der Waals surface area contributed by atoms with Crippen molar-refractivity contribution in [3.63, 3.8) is 0 Å². The summed E-state index contributed by atoms with van der Waals surface area (Å²) >= 11 is 0. The first kappa shape index (κ1) is 16.7. The minimum Gasteiger partial charge on any atom is -0.335 e. The largest absolute Gasteiger partial charge is 0.335 e. The van der Waals surface area contributed by atoms with Gasteiger partial charge in [-0.2, -0.15) is 0 Å². The van der Waals surface area contributed by atoms with E-state index in [0.717, 1.165) is 36.8 Å². The maximum absolute atomic E-state index is 13.5. The zero-order valence-electron chi connectivity index (χ0n) is 14.1. The maximum atomic E-state index is 13.5. The van der Waals surface area contributed by atoms with Crippen LogP contribution in [0.5, 0.6) is 0 Å². The molecule has 1 amide bonds. The first-order valence-electron chi connectivity index (χ1n) is 8.79. The summed E-state index contributed by atoms with van der Waals surface area (Å²) in [5, 5.41) is 0. The molecule has 0 saturated heterocycles. The van der Waals surface area contributed by atoms with Gasteiger partial charge in [-0.25, -0.2) is 4.39 Å². The van der Waals surface area contributed by atoms with Crippen LogP contribution in [0.25, 0.3) is 0 Å². The van der Waals surface area contributed by atoms with E-state index in [1.54, 1.807) is 6.07 Å². The van der Waals surface area contributed by atoms with Crippen molar-refractivity contribution in [3.8, 4) is 0 Å². The van der Waals surface area contributed by atoms with E-state index < -0.39 is 0 Å². The van der Waals surface area contributed by atoms with Crippen molar-refractivity contribution in [1.29, 1.82) is 0 Å². The zero-order chi connectivity index (χ0) is 16.9. The van der Waals surface area contributed by atoms with Gasteiger partial charge in [-0.15, -0.1) is 0 Å². The molecule has 1 aliphatic rings. The van der Waals surface area contributed by atoms with E-state index in [-0.39, 0.29) is 17.6 Å². The second-order valence-corrected chi connectivity index (χ2v) is 6.58. The van der Waals surface area contributed by atoms with Crippen molar-refractivity contribution in [2.24, 2.45) is 0 Å². The Bertz CT molecular complexity index is 681. The van der Waals surface area contributed by atoms with Gasteiger partial charge in [0.15, 0.2) is 0 Å². The molecule has 2 nitrogen and oxygen atoms in total. The van der Waals surface area contributed by atoms with Gasteiger partial charge in [-0.1, -0.05) is 55.8 Å². The summed E-state index contributed by atoms with van der Waals surface area (Å²) in [5.41, 5.74) is 1.94. The van der Waals surface area contributed by atoms with Gasteiger partial charge in [0.25, 0.3) is 0 Å². The van der Waals surface area contributed by atoms with Gasteiger partial charge in [-0.3, -0.25) is 4.79 Å². The summed E-state index contributed by atoms with van der Waals surface area (Å²) in [6.45, 7) is 2.60. The first-order valence-corrected chi connectivity index (χ1v) is 8.79. The molecule has 1 fully saturated rings. The Labute approximate surface area is 143 Å². The monoisotopic (exact) mass is 325 g/mol. The normalized spacial score (nSPS) is 15.1. The van der Waals surface area contributed by atoms with Crippen LogP contribution in [-0.2, 0) is 11.3 Å². The molecule has 1 unspecified atom stereocenters. The minimum atomic E-state index is -0.246. The Morgan fingerprint density at radius 3 is 2.54 bits per heavy atom. The Hall–Kier alpha value is -2.16. The third-order valence-corrected chi connectivity index (χ3v) is 4.59. The van der Waals surface area contributed by atoms with Gasteiger partial charge in [0.2, 0.25) is 5.91 Å². The van der Waals surface area contributed by atoms with Crippen molar-refractivity contribution in [2.45, 2.75) is 51.1 Å². The quantitative estimate of drug-likeness (QED) is 0.709. The van der Waals surface area contributed by atoms with Crippen LogP contribution in [0.4, 0.5) is 4.39 Å². The number of benzene rings is 2. The summed E-state index contributed by atoms with van der Waals surface area (Å²) in [5.74, 6) is -0.177. The third-order valence-electron chi connectivity index (χ3n) is 4.59. The van der Waals surface area contributed by atoms with Crippen LogP contribution in [0.1, 0.15) is 49.7 Å². The molecule has 3 rings (SSSR count). The van der Waals surface area contributed by atoms with Crippen LogP contribution in [-0.4, -0.2) is 16.8 Å². The Kier molecular flexibility index (Phi) is 5.29. The molecule has 3 heteroatoms. The highest BCUT2D eigenvalue weighted by atomic mass is 19.1. The summed E-state index contributed by atoms with van der Waals surface area (Å²) in [4.78, 5) is 15.2. The predicted octanol–water partition coefficient (Wildman–Crippen LogP) is 4.90. The molecule has 1 aliphatic carbocycles. The number of hydrogen-bond acceptors (Lipinski definition) is 1. The smallest absolute Gasteiger partial charge is 0.230 e. The SMILES string of the molecule is CCCC(C(=O)N(Cc1cccc(F)c1)C1CC1)c1ccccc1. The highest BCUT2D eigenvalue weighted by molar-refractivity contribution is 5.84. The van der Waals surface area contributed by atoms with E-state index >= 15 is 0 Å². The average Bonchev–Trinajstić information content (AvgIpc) is 3.43. The Morgan fingerprint density at radius 2 is 1.92 bits per heavy atom. The Balaban J connectivity index is 1.82. The van der Waals surface area contributed by atoms with E-state index in [9.17, 15) is 9.18 Å². The molecule has 24 heavy (non-hydrogen) atoms. The molecule has 0 radical (unpaired) electrons. The van der Waals surface area contributed by atoms with Crippen LogP contribution >= 0.6 is 0 Å². The van der Waals surface area contributed by atoms with Crippen LogP contribution in [0.3, 0.4) is 0 Å². The molecule has 1 saturated carbocycles. The second kappa shape index (κ2) is 7.61. The number of carbonyl (C=O) groups excluding carboxylic acids is 1. The minimum absolute atomic E-state index is 0.106. The lowest BCUT2D eigenvalue weighted by atomic mass is 9.92. The number of amides is 1. The molecular weight excluding hydrogens is 301 g/mol. The maximum Gasteiger partial charge on any atom is 0.230 e. The van der Waals surface area contributed by atoms with Gasteiger partial charge >= 0.3 is 0 Å². The highest BCUT2D eigenvalue weighted by Crippen LogP contribution is 2.33. The van der Waals surface area contributed by atoms with Crippen molar-refractivity contribution in [3.05, 3.63) is 71.5 Å². The highest BCUT2D eigenvalue weighted by Gasteiger charge is 2.36. The fraction of sp³-hybridized carbons (Fsp3) is 0.381. The summed E-state index contributed by atoms with van der Waals surface area (Å²) in [6, 6.07) is 16.9. The van der Waals surface area contributed by atoms with Crippen LogP contribution < -0.4 is 0 Å². The summed E-state index contributed by atoms with van der Waals surface area (Å²) < 4.78 is 13.5. The van der Waals surface area contributed by atoms with Crippen molar-refractivity contribution >= 4 is 5.91 Å². The second-order valence-electron chi connectivity index (χ2n) is 6.58. The number of hydrogen-bond donors (Lipinski definition) is 0. The molecule has 1 atom stereocenters. The number of carbonyl (C=O) groups is 1. The summed E-state index contributed by atoms with van der Waals surface area (Å²) in [7, 11) is 0. The predicted molar refractivity (Wildman–Crippen MR) is 94.1 cm³/mol. The fourth-order valence-corrected chi connectivity index (χ4v) is 3.21. The molecule has 2 aromatic carbocycles. The molecule has 0 N–H and O–H groups in total. The van der Waals surface area contributed by atoms with Gasteiger partial charge in [0.1, 0.15) is 5.82 Å². The van der Waals surface area contributed by atoms with E-state index in [0.29, 0.717) is 12.6 Å². The van der Waals surface area contributed by atoms with Crippen molar-refractivity contribution in [1.82, 2.24) is 4.90 Å². The molecule has 0 aliphatic heterocycles. The van der Waals surface area contributed by atoms with Crippen molar-refractivity contribution in [2.75, 3.05) is 0 Å². The number of nitrogens with zero attached hydrogens (tertiary/aromatic N) is 1. The van der Waals surface area contributed by atoms with E-state index in [2.05, 4.69) is 6.92 Å². The van der Waals surface area contributed by atoms with Gasteiger partial charge < -0.3 is 4.90 Å². The number of halogens is 1. The van der Waals surface area contributed by atoms with E-state index in [1.165, 1.54) is 12.1 Å². The van der Waals surface area contributed by atoms with Gasteiger partial charge in [0, 0.05) is 12.6 Å². The standard InChI is InChI=1S/C21H24FNO/c1-2-7-20(17-9-4-3-5-10-17)21(24)23(19-12-13-19)15-16-8-6-11-18(22)14-16/h3-6,8-11,14,19-20H,2,7,12-13,15H2,1H3. The molecule has 0 heterocycles. The first-order chi connectivity index (χ1) is 11.7.